The predicted molar refractivity (Wildman–Crippen MR) is 108 cm³/mol. The van der Waals surface area contributed by atoms with E-state index in [-0.39, 0.29) is 0 Å². The van der Waals surface area contributed by atoms with E-state index in [4.69, 9.17) is 0 Å². The van der Waals surface area contributed by atoms with E-state index in [1.54, 1.807) is 5.56 Å². The Morgan fingerprint density at radius 3 is 1.96 bits per heavy atom. The Kier molecular flexibility index (Phi) is 6.54. The Hall–Kier alpha value is -1.08. The van der Waals surface area contributed by atoms with Crippen molar-refractivity contribution in [3.05, 3.63) is 58.6 Å². The van der Waals surface area contributed by atoms with Gasteiger partial charge in [0.25, 0.3) is 0 Å². The predicted octanol–water partition coefficient (Wildman–Crippen LogP) is 7.97. The molecule has 0 atom stereocenters. The number of hydrogen-bond donors (Lipinski definition) is 0. The molecule has 0 aromatic heterocycles. The van der Waals surface area contributed by atoms with Gasteiger partial charge in [0.15, 0.2) is 0 Å². The van der Waals surface area contributed by atoms with Gasteiger partial charge in [-0.25, -0.2) is 0 Å². The van der Waals surface area contributed by atoms with E-state index >= 15 is 0 Å². The fourth-order valence-electron chi connectivity index (χ4n) is 4.06. The van der Waals surface area contributed by atoms with Gasteiger partial charge < -0.3 is 0 Å². The first kappa shape index (κ1) is 17.7. The average Bonchev–Trinajstić information content (AvgIpc) is 2.63. The lowest BCUT2D eigenvalue weighted by Crippen LogP contribution is -2.13. The van der Waals surface area contributed by atoms with Gasteiger partial charge in [0.05, 0.1) is 0 Å². The topological polar surface area (TPSA) is 0 Å². The lowest BCUT2D eigenvalue weighted by molar-refractivity contribution is 0.303. The number of rotatable bonds is 6. The van der Waals surface area contributed by atoms with E-state index in [2.05, 4.69) is 71.4 Å². The molecule has 0 amide bonds. The number of halogens is 1. The maximum atomic E-state index is 3.51. The summed E-state index contributed by atoms with van der Waals surface area (Å²) in [5.74, 6) is 1.78. The standard InChI is InChI=1S/C23H29Br/c1-2-3-4-5-18-6-8-19(9-7-18)20-10-12-21(13-11-20)22-14-16-23(24)17-15-22/h10-19H,2-9H2,1H3. The monoisotopic (exact) mass is 384 g/mol. The SMILES string of the molecule is CCCCCC1CCC(c2ccc(-c3ccc(Br)cc3)cc2)CC1. The Morgan fingerprint density at radius 1 is 0.792 bits per heavy atom. The summed E-state index contributed by atoms with van der Waals surface area (Å²) in [5, 5.41) is 0. The van der Waals surface area contributed by atoms with Crippen molar-refractivity contribution in [2.45, 2.75) is 64.2 Å². The molecule has 0 N–H and O–H groups in total. The van der Waals surface area contributed by atoms with E-state index in [0.29, 0.717) is 0 Å². The second kappa shape index (κ2) is 8.85. The van der Waals surface area contributed by atoms with Gasteiger partial charge in [-0.3, -0.25) is 0 Å². The summed E-state index contributed by atoms with van der Waals surface area (Å²) in [6.07, 6.45) is 11.3. The van der Waals surface area contributed by atoms with E-state index in [0.717, 1.165) is 16.3 Å². The molecule has 0 heterocycles. The highest BCUT2D eigenvalue weighted by atomic mass is 79.9. The molecule has 0 saturated heterocycles. The summed E-state index contributed by atoms with van der Waals surface area (Å²) in [6.45, 7) is 2.30. The van der Waals surface area contributed by atoms with Crippen LogP contribution in [0.1, 0.15) is 69.8 Å². The highest BCUT2D eigenvalue weighted by molar-refractivity contribution is 9.10. The van der Waals surface area contributed by atoms with Crippen LogP contribution in [-0.4, -0.2) is 0 Å². The molecule has 1 saturated carbocycles. The molecule has 0 nitrogen and oxygen atoms in total. The van der Waals surface area contributed by atoms with Crippen LogP contribution in [0, 0.1) is 5.92 Å². The highest BCUT2D eigenvalue weighted by Gasteiger charge is 2.21. The first-order valence-corrected chi connectivity index (χ1v) is 10.4. The van der Waals surface area contributed by atoms with Gasteiger partial charge in [-0.1, -0.05) is 84.9 Å². The molecule has 0 aliphatic heterocycles. The van der Waals surface area contributed by atoms with Crippen molar-refractivity contribution >= 4 is 15.9 Å². The summed E-state index contributed by atoms with van der Waals surface area (Å²) >= 11 is 3.51. The first-order valence-electron chi connectivity index (χ1n) is 9.62. The van der Waals surface area contributed by atoms with Crippen molar-refractivity contribution in [2.24, 2.45) is 5.92 Å². The van der Waals surface area contributed by atoms with Crippen LogP contribution in [0.3, 0.4) is 0 Å². The van der Waals surface area contributed by atoms with Crippen molar-refractivity contribution in [1.82, 2.24) is 0 Å². The Labute approximate surface area is 155 Å². The third-order valence-corrected chi connectivity index (χ3v) is 6.15. The number of hydrogen-bond acceptors (Lipinski definition) is 0. The molecule has 1 aliphatic carbocycles. The van der Waals surface area contributed by atoms with Gasteiger partial charge in [0.2, 0.25) is 0 Å². The van der Waals surface area contributed by atoms with E-state index in [1.807, 2.05) is 0 Å². The molecule has 128 valence electrons. The third kappa shape index (κ3) is 4.72. The van der Waals surface area contributed by atoms with Crippen LogP contribution in [0.5, 0.6) is 0 Å². The zero-order valence-electron chi connectivity index (χ0n) is 14.8. The molecule has 3 rings (SSSR count). The number of benzene rings is 2. The maximum absolute atomic E-state index is 3.51. The van der Waals surface area contributed by atoms with Gasteiger partial charge in [-0.2, -0.15) is 0 Å². The molecule has 0 unspecified atom stereocenters. The fourth-order valence-corrected chi connectivity index (χ4v) is 4.32. The van der Waals surface area contributed by atoms with Crippen molar-refractivity contribution in [3.8, 4) is 11.1 Å². The minimum Gasteiger partial charge on any atom is -0.0654 e. The average molecular weight is 385 g/mol. The van der Waals surface area contributed by atoms with Crippen LogP contribution in [0.2, 0.25) is 0 Å². The Bertz CT molecular complexity index is 603. The zero-order valence-corrected chi connectivity index (χ0v) is 16.4. The number of unbranched alkanes of at least 4 members (excludes halogenated alkanes) is 2. The normalized spacial score (nSPS) is 20.9. The minimum absolute atomic E-state index is 0.784. The van der Waals surface area contributed by atoms with Crippen molar-refractivity contribution in [2.75, 3.05) is 0 Å². The summed E-state index contributed by atoms with van der Waals surface area (Å²) in [6, 6.07) is 17.9. The molecule has 1 aliphatic rings. The van der Waals surface area contributed by atoms with Crippen LogP contribution < -0.4 is 0 Å². The maximum Gasteiger partial charge on any atom is 0.0175 e. The van der Waals surface area contributed by atoms with Gasteiger partial charge in [0.1, 0.15) is 0 Å². The van der Waals surface area contributed by atoms with Gasteiger partial charge in [-0.05, 0) is 66.3 Å². The van der Waals surface area contributed by atoms with Gasteiger partial charge >= 0.3 is 0 Å². The smallest absolute Gasteiger partial charge is 0.0175 e. The van der Waals surface area contributed by atoms with Gasteiger partial charge in [0, 0.05) is 4.47 Å². The molecule has 0 bridgehead atoms. The minimum atomic E-state index is 0.784. The molecule has 1 heteroatoms. The lowest BCUT2D eigenvalue weighted by atomic mass is 9.77. The molecular weight excluding hydrogens is 356 g/mol. The largest absolute Gasteiger partial charge is 0.0654 e. The molecular formula is C23H29Br. The van der Waals surface area contributed by atoms with E-state index < -0.39 is 0 Å². The molecule has 2 aromatic carbocycles. The molecule has 2 aromatic rings. The van der Waals surface area contributed by atoms with Crippen LogP contribution >= 0.6 is 15.9 Å². The molecule has 24 heavy (non-hydrogen) atoms. The Balaban J connectivity index is 1.56. The summed E-state index contributed by atoms with van der Waals surface area (Å²) < 4.78 is 1.14. The highest BCUT2D eigenvalue weighted by Crippen LogP contribution is 2.38. The van der Waals surface area contributed by atoms with Crippen LogP contribution in [-0.2, 0) is 0 Å². The quantitative estimate of drug-likeness (QED) is 0.442. The van der Waals surface area contributed by atoms with E-state index in [9.17, 15) is 0 Å². The van der Waals surface area contributed by atoms with Gasteiger partial charge in [-0.15, -0.1) is 0 Å². The summed E-state index contributed by atoms with van der Waals surface area (Å²) in [4.78, 5) is 0. The third-order valence-electron chi connectivity index (χ3n) is 5.62. The van der Waals surface area contributed by atoms with Crippen LogP contribution in [0.4, 0.5) is 0 Å². The summed E-state index contributed by atoms with van der Waals surface area (Å²) in [5.41, 5.74) is 4.16. The fraction of sp³-hybridized carbons (Fsp3) is 0.478. The molecule has 0 spiro atoms. The zero-order chi connectivity index (χ0) is 16.8. The van der Waals surface area contributed by atoms with Crippen molar-refractivity contribution < 1.29 is 0 Å². The second-order valence-electron chi connectivity index (χ2n) is 7.34. The molecule has 0 radical (unpaired) electrons. The van der Waals surface area contributed by atoms with Crippen LogP contribution in [0.25, 0.3) is 11.1 Å². The van der Waals surface area contributed by atoms with E-state index in [1.165, 1.54) is 62.5 Å². The first-order chi connectivity index (χ1) is 11.8. The second-order valence-corrected chi connectivity index (χ2v) is 8.26. The Morgan fingerprint density at radius 2 is 1.38 bits per heavy atom. The van der Waals surface area contributed by atoms with Crippen molar-refractivity contribution in [3.63, 3.8) is 0 Å². The summed E-state index contributed by atoms with van der Waals surface area (Å²) in [7, 11) is 0. The lowest BCUT2D eigenvalue weighted by Gasteiger charge is -2.29. The molecule has 1 fully saturated rings. The van der Waals surface area contributed by atoms with Crippen molar-refractivity contribution in [1.29, 1.82) is 0 Å². The van der Waals surface area contributed by atoms with Crippen LogP contribution in [0.15, 0.2) is 53.0 Å².